The lowest BCUT2D eigenvalue weighted by molar-refractivity contribution is 0.999. The quantitative estimate of drug-likeness (QED) is 0.691. The monoisotopic (exact) mass is 291 g/mol. The highest BCUT2D eigenvalue weighted by atomic mass is 35.5. The van der Waals surface area contributed by atoms with Crippen LogP contribution in [0.3, 0.4) is 0 Å². The van der Waals surface area contributed by atoms with E-state index in [1.54, 1.807) is 23.7 Å². The number of aryl methyl sites for hydroxylation is 1. The van der Waals surface area contributed by atoms with E-state index in [1.165, 1.54) is 6.20 Å². The molecular formula is C13H7Cl2N3O. The van der Waals surface area contributed by atoms with Gasteiger partial charge in [-0.15, -0.1) is 0 Å². The van der Waals surface area contributed by atoms with Gasteiger partial charge in [0.25, 0.3) is 5.56 Å². The molecule has 0 aliphatic carbocycles. The van der Waals surface area contributed by atoms with Gasteiger partial charge in [0.15, 0.2) is 0 Å². The van der Waals surface area contributed by atoms with Crippen molar-refractivity contribution >= 4 is 45.0 Å². The van der Waals surface area contributed by atoms with Crippen LogP contribution in [0.15, 0.2) is 23.1 Å². The third-order valence-electron chi connectivity index (χ3n) is 3.20. The Balaban J connectivity index is 2.77. The first-order valence-corrected chi connectivity index (χ1v) is 6.19. The van der Waals surface area contributed by atoms with E-state index in [-0.39, 0.29) is 5.56 Å². The maximum Gasteiger partial charge on any atom is 0.272 e. The summed E-state index contributed by atoms with van der Waals surface area (Å²) in [7, 11) is 1.73. The van der Waals surface area contributed by atoms with Crippen LogP contribution in [0.4, 0.5) is 0 Å². The zero-order chi connectivity index (χ0) is 13.7. The normalized spacial score (nSPS) is 11.1. The minimum absolute atomic E-state index is 0.264. The maximum absolute atomic E-state index is 12.0. The van der Waals surface area contributed by atoms with Crippen molar-refractivity contribution in [3.8, 4) is 6.07 Å². The molecule has 6 heteroatoms. The molecule has 0 amide bonds. The molecule has 0 spiro atoms. The smallest absolute Gasteiger partial charge is 0.272 e. The molecule has 0 bridgehead atoms. The number of nitrogens with one attached hydrogen (secondary N) is 1. The van der Waals surface area contributed by atoms with E-state index < -0.39 is 0 Å². The Bertz CT molecular complexity index is 931. The molecule has 2 aromatic heterocycles. The average molecular weight is 292 g/mol. The Hall–Kier alpha value is -1.96. The van der Waals surface area contributed by atoms with Crippen molar-refractivity contribution in [1.29, 1.82) is 5.26 Å². The molecule has 0 aliphatic heterocycles. The van der Waals surface area contributed by atoms with Gasteiger partial charge in [0.1, 0.15) is 11.6 Å². The van der Waals surface area contributed by atoms with E-state index in [4.69, 9.17) is 23.2 Å². The van der Waals surface area contributed by atoms with Crippen LogP contribution in [0.5, 0.6) is 0 Å². The second-order valence-corrected chi connectivity index (χ2v) is 4.97. The van der Waals surface area contributed by atoms with Gasteiger partial charge in [0, 0.05) is 24.0 Å². The van der Waals surface area contributed by atoms with Crippen molar-refractivity contribution in [3.63, 3.8) is 0 Å². The predicted molar refractivity (Wildman–Crippen MR) is 75.8 cm³/mol. The Morgan fingerprint density at radius 2 is 2.05 bits per heavy atom. The van der Waals surface area contributed by atoms with E-state index in [2.05, 4.69) is 11.1 Å². The summed E-state index contributed by atoms with van der Waals surface area (Å²) in [5.74, 6) is 0. The number of H-pyrrole nitrogens is 1. The molecule has 0 saturated carbocycles. The first-order valence-electron chi connectivity index (χ1n) is 5.44. The number of halogens is 2. The van der Waals surface area contributed by atoms with Gasteiger partial charge in [0.2, 0.25) is 0 Å². The van der Waals surface area contributed by atoms with Crippen LogP contribution in [0, 0.1) is 11.3 Å². The SMILES string of the molecule is Cn1c2c(Cl)c(Cl)ccc2c2c(C#N)c[nH]c(=O)c21. The van der Waals surface area contributed by atoms with Gasteiger partial charge >= 0.3 is 0 Å². The van der Waals surface area contributed by atoms with Crippen LogP contribution in [-0.4, -0.2) is 9.55 Å². The summed E-state index contributed by atoms with van der Waals surface area (Å²) in [4.78, 5) is 14.5. The minimum atomic E-state index is -0.264. The van der Waals surface area contributed by atoms with Gasteiger partial charge < -0.3 is 9.55 Å². The molecule has 3 aromatic rings. The largest absolute Gasteiger partial charge is 0.338 e. The van der Waals surface area contributed by atoms with Gasteiger partial charge in [-0.1, -0.05) is 29.3 Å². The third-order valence-corrected chi connectivity index (χ3v) is 3.99. The van der Waals surface area contributed by atoms with E-state index in [0.717, 1.165) is 5.39 Å². The second kappa shape index (κ2) is 4.02. The highest BCUT2D eigenvalue weighted by Crippen LogP contribution is 2.36. The lowest BCUT2D eigenvalue weighted by atomic mass is 10.1. The van der Waals surface area contributed by atoms with Gasteiger partial charge in [-0.2, -0.15) is 5.26 Å². The summed E-state index contributed by atoms with van der Waals surface area (Å²) in [6, 6.07) is 5.51. The van der Waals surface area contributed by atoms with Gasteiger partial charge in [0.05, 0.1) is 21.1 Å². The molecule has 1 N–H and O–H groups in total. The van der Waals surface area contributed by atoms with Crippen LogP contribution in [0.1, 0.15) is 5.56 Å². The van der Waals surface area contributed by atoms with Crippen LogP contribution in [-0.2, 0) is 7.05 Å². The summed E-state index contributed by atoms with van der Waals surface area (Å²) < 4.78 is 1.67. The fourth-order valence-electron chi connectivity index (χ4n) is 2.38. The fourth-order valence-corrected chi connectivity index (χ4v) is 2.83. The van der Waals surface area contributed by atoms with E-state index in [1.807, 2.05) is 0 Å². The van der Waals surface area contributed by atoms with Crippen molar-refractivity contribution in [2.24, 2.45) is 7.05 Å². The highest BCUT2D eigenvalue weighted by molar-refractivity contribution is 6.45. The lowest BCUT2D eigenvalue weighted by Gasteiger charge is -2.01. The number of hydrogen-bond acceptors (Lipinski definition) is 2. The standard InChI is InChI=1S/C13H7Cl2N3O/c1-18-11-7(2-3-8(14)10(11)15)9-6(4-16)5-17-13(19)12(9)18/h2-3,5H,1H3,(H,17,19). The predicted octanol–water partition coefficient (Wildman–Crippen LogP) is 3.20. The van der Waals surface area contributed by atoms with Crippen LogP contribution >= 0.6 is 23.2 Å². The van der Waals surface area contributed by atoms with Crippen molar-refractivity contribution < 1.29 is 0 Å². The summed E-state index contributed by atoms with van der Waals surface area (Å²) in [6.07, 6.45) is 1.41. The third kappa shape index (κ3) is 1.49. The zero-order valence-electron chi connectivity index (χ0n) is 9.79. The number of nitrogens with zero attached hydrogens (tertiary/aromatic N) is 2. The number of aromatic nitrogens is 2. The minimum Gasteiger partial charge on any atom is -0.338 e. The van der Waals surface area contributed by atoms with Crippen LogP contribution < -0.4 is 5.56 Å². The van der Waals surface area contributed by atoms with Gasteiger partial charge in [-0.25, -0.2) is 0 Å². The molecule has 1 aromatic carbocycles. The molecule has 3 rings (SSSR count). The maximum atomic E-state index is 12.0. The summed E-state index contributed by atoms with van der Waals surface area (Å²) >= 11 is 12.2. The topological polar surface area (TPSA) is 61.6 Å². The zero-order valence-corrected chi connectivity index (χ0v) is 11.3. The Morgan fingerprint density at radius 3 is 2.74 bits per heavy atom. The number of rotatable bonds is 0. The van der Waals surface area contributed by atoms with Crippen molar-refractivity contribution in [2.45, 2.75) is 0 Å². The lowest BCUT2D eigenvalue weighted by Crippen LogP contribution is -2.09. The summed E-state index contributed by atoms with van der Waals surface area (Å²) in [5, 5.41) is 11.3. The van der Waals surface area contributed by atoms with Crippen molar-refractivity contribution in [3.05, 3.63) is 44.3 Å². The van der Waals surface area contributed by atoms with E-state index in [9.17, 15) is 10.1 Å². The molecule has 2 heterocycles. The molecule has 19 heavy (non-hydrogen) atoms. The molecule has 4 nitrogen and oxygen atoms in total. The number of pyridine rings is 1. The molecule has 0 aliphatic rings. The Morgan fingerprint density at radius 1 is 1.32 bits per heavy atom. The molecule has 0 atom stereocenters. The van der Waals surface area contributed by atoms with E-state index in [0.29, 0.717) is 32.0 Å². The number of aromatic amines is 1. The summed E-state index contributed by atoms with van der Waals surface area (Å²) in [5.41, 5.74) is 1.20. The molecule has 94 valence electrons. The number of nitriles is 1. The molecule has 0 saturated heterocycles. The molecule has 0 unspecified atom stereocenters. The van der Waals surface area contributed by atoms with Crippen molar-refractivity contribution in [2.75, 3.05) is 0 Å². The first kappa shape index (κ1) is 12.1. The average Bonchev–Trinajstić information content (AvgIpc) is 2.70. The fraction of sp³-hybridized carbons (Fsp3) is 0.0769. The number of hydrogen-bond donors (Lipinski definition) is 1. The van der Waals surface area contributed by atoms with Gasteiger partial charge in [-0.3, -0.25) is 4.79 Å². The van der Waals surface area contributed by atoms with Crippen LogP contribution in [0.25, 0.3) is 21.8 Å². The van der Waals surface area contributed by atoms with Crippen LogP contribution in [0.2, 0.25) is 10.0 Å². The first-order chi connectivity index (χ1) is 9.06. The molecular weight excluding hydrogens is 285 g/mol. The molecule has 0 fully saturated rings. The Labute approximate surface area is 117 Å². The Kier molecular flexibility index (Phi) is 2.56. The number of benzene rings is 1. The van der Waals surface area contributed by atoms with E-state index >= 15 is 0 Å². The van der Waals surface area contributed by atoms with Gasteiger partial charge in [-0.05, 0) is 6.07 Å². The summed E-state index contributed by atoms with van der Waals surface area (Å²) in [6.45, 7) is 0. The number of fused-ring (bicyclic) bond motifs is 3. The van der Waals surface area contributed by atoms with Crippen molar-refractivity contribution in [1.82, 2.24) is 9.55 Å². The highest BCUT2D eigenvalue weighted by Gasteiger charge is 2.18. The second-order valence-electron chi connectivity index (χ2n) is 4.18. The molecule has 0 radical (unpaired) electrons.